The minimum atomic E-state index is -0.687. The highest BCUT2D eigenvalue weighted by Gasteiger charge is 2.48. The molecule has 10 nitrogen and oxygen atoms in total. The molecule has 2 aromatic rings. The van der Waals surface area contributed by atoms with Crippen molar-refractivity contribution in [3.05, 3.63) is 58.7 Å². The number of rotatable bonds is 8. The van der Waals surface area contributed by atoms with Crippen molar-refractivity contribution in [1.29, 1.82) is 5.26 Å². The van der Waals surface area contributed by atoms with Gasteiger partial charge in [-0.2, -0.15) is 5.26 Å². The molecule has 218 valence electrons. The number of carbonyl (C=O) groups excluding carboxylic acids is 2. The van der Waals surface area contributed by atoms with Crippen LogP contribution in [0.25, 0.3) is 6.08 Å². The quantitative estimate of drug-likeness (QED) is 0.343. The lowest BCUT2D eigenvalue weighted by molar-refractivity contribution is -0.141. The zero-order valence-corrected chi connectivity index (χ0v) is 24.4. The number of hydrogen-bond donors (Lipinski definition) is 0. The molecule has 0 spiro atoms. The van der Waals surface area contributed by atoms with E-state index in [0.717, 1.165) is 22.3 Å². The van der Waals surface area contributed by atoms with Gasteiger partial charge in [0.05, 0.1) is 46.1 Å². The van der Waals surface area contributed by atoms with Gasteiger partial charge in [-0.1, -0.05) is 30.3 Å². The number of piperazine rings is 1. The zero-order valence-electron chi connectivity index (χ0n) is 24.4. The Morgan fingerprint density at radius 1 is 1.05 bits per heavy atom. The molecule has 2 aromatic carbocycles. The summed E-state index contributed by atoms with van der Waals surface area (Å²) in [4.78, 5) is 29.3. The van der Waals surface area contributed by atoms with Crippen molar-refractivity contribution in [3.63, 3.8) is 0 Å². The maximum atomic E-state index is 12.9. The van der Waals surface area contributed by atoms with Crippen LogP contribution in [0.5, 0.6) is 17.2 Å². The second-order valence-corrected chi connectivity index (χ2v) is 10.3. The minimum absolute atomic E-state index is 0.0538. The molecule has 0 bridgehead atoms. The summed E-state index contributed by atoms with van der Waals surface area (Å²) in [5, 5.41) is 10.3. The lowest BCUT2D eigenvalue weighted by Gasteiger charge is -2.51. The first kappa shape index (κ1) is 29.7. The highest BCUT2D eigenvalue weighted by Crippen LogP contribution is 2.51. The van der Waals surface area contributed by atoms with Crippen LogP contribution in [-0.2, 0) is 20.7 Å². The minimum Gasteiger partial charge on any atom is -0.496 e. The molecule has 0 saturated carbocycles. The Morgan fingerprint density at radius 2 is 1.73 bits per heavy atom. The SMILES string of the molecule is COc1c(C)c(OC)c(OC)c2c1C[C@H]1CN(C(=O)OC(C)C)C[C@@H](C#N)N1[C@H]2COC(=O)/C=C/c1ccccc1. The molecule has 0 aromatic heterocycles. The van der Waals surface area contributed by atoms with Crippen LogP contribution in [-0.4, -0.2) is 81.1 Å². The second kappa shape index (κ2) is 13.0. The van der Waals surface area contributed by atoms with Gasteiger partial charge in [0.1, 0.15) is 18.4 Å². The Kier molecular flexibility index (Phi) is 9.40. The Balaban J connectivity index is 1.76. The highest BCUT2D eigenvalue weighted by atomic mass is 16.6. The zero-order chi connectivity index (χ0) is 29.7. The topological polar surface area (TPSA) is 111 Å². The van der Waals surface area contributed by atoms with Gasteiger partial charge in [-0.15, -0.1) is 0 Å². The lowest BCUT2D eigenvalue weighted by atomic mass is 9.82. The van der Waals surface area contributed by atoms with E-state index in [4.69, 9.17) is 23.7 Å². The molecule has 3 atom stereocenters. The molecule has 0 aliphatic carbocycles. The highest BCUT2D eigenvalue weighted by molar-refractivity contribution is 5.87. The molecule has 4 rings (SSSR count). The number of esters is 1. The summed E-state index contributed by atoms with van der Waals surface area (Å²) >= 11 is 0. The molecule has 1 fully saturated rings. The Morgan fingerprint density at radius 3 is 2.34 bits per heavy atom. The first-order valence-corrected chi connectivity index (χ1v) is 13.6. The number of amides is 1. The monoisotopic (exact) mass is 563 g/mol. The summed E-state index contributed by atoms with van der Waals surface area (Å²) in [6.07, 6.45) is 2.79. The largest absolute Gasteiger partial charge is 0.496 e. The van der Waals surface area contributed by atoms with Gasteiger partial charge in [-0.25, -0.2) is 9.59 Å². The van der Waals surface area contributed by atoms with E-state index in [-0.39, 0.29) is 25.3 Å². The van der Waals surface area contributed by atoms with Crippen molar-refractivity contribution < 1.29 is 33.3 Å². The number of hydrogen-bond acceptors (Lipinski definition) is 9. The molecule has 2 heterocycles. The molecular formula is C31H37N3O7. The van der Waals surface area contributed by atoms with E-state index < -0.39 is 24.1 Å². The molecular weight excluding hydrogens is 526 g/mol. The standard InChI is InChI=1S/C31H37N3O7/c1-19(2)41-31(36)33-16-22-14-24-27(30(39-6)29(38-5)20(3)28(24)37-4)25(34(22)23(15-32)17-33)18-40-26(35)13-12-21-10-8-7-9-11-21/h7-13,19,22-23,25H,14,16-18H2,1-6H3/b13-12+/t22-,23+,25-/m0/s1. The first-order valence-electron chi connectivity index (χ1n) is 13.6. The van der Waals surface area contributed by atoms with Crippen LogP contribution in [0, 0.1) is 18.3 Å². The molecule has 2 aliphatic heterocycles. The maximum Gasteiger partial charge on any atom is 0.410 e. The second-order valence-electron chi connectivity index (χ2n) is 10.3. The van der Waals surface area contributed by atoms with E-state index in [1.54, 1.807) is 46.2 Å². The van der Waals surface area contributed by atoms with Crippen LogP contribution in [0.15, 0.2) is 36.4 Å². The van der Waals surface area contributed by atoms with E-state index in [2.05, 4.69) is 6.07 Å². The third-order valence-corrected chi connectivity index (χ3v) is 7.42. The lowest BCUT2D eigenvalue weighted by Crippen LogP contribution is -2.63. The smallest absolute Gasteiger partial charge is 0.410 e. The van der Waals surface area contributed by atoms with E-state index in [1.807, 2.05) is 42.2 Å². The average Bonchev–Trinajstić information content (AvgIpc) is 2.97. The number of benzene rings is 2. The van der Waals surface area contributed by atoms with Gasteiger partial charge in [0.25, 0.3) is 0 Å². The van der Waals surface area contributed by atoms with E-state index in [1.165, 1.54) is 6.08 Å². The summed E-state index contributed by atoms with van der Waals surface area (Å²) in [6, 6.07) is 10.3. The van der Waals surface area contributed by atoms with Crippen LogP contribution < -0.4 is 14.2 Å². The summed E-state index contributed by atoms with van der Waals surface area (Å²) in [5.74, 6) is 1.12. The van der Waals surface area contributed by atoms with Gasteiger partial charge >= 0.3 is 12.1 Å². The van der Waals surface area contributed by atoms with E-state index in [9.17, 15) is 14.9 Å². The average molecular weight is 564 g/mol. The van der Waals surface area contributed by atoms with Gasteiger partial charge in [-0.3, -0.25) is 4.90 Å². The summed E-state index contributed by atoms with van der Waals surface area (Å²) in [5.41, 5.74) is 3.24. The van der Waals surface area contributed by atoms with Crippen LogP contribution in [0.4, 0.5) is 4.79 Å². The van der Waals surface area contributed by atoms with Crippen molar-refractivity contribution in [1.82, 2.24) is 9.80 Å². The van der Waals surface area contributed by atoms with Crippen LogP contribution in [0.2, 0.25) is 0 Å². The summed E-state index contributed by atoms with van der Waals surface area (Å²) in [6.45, 7) is 5.89. The molecule has 2 aliphatic rings. The fraction of sp³-hybridized carbons (Fsp3) is 0.452. The third-order valence-electron chi connectivity index (χ3n) is 7.42. The van der Waals surface area contributed by atoms with Crippen molar-refractivity contribution in [3.8, 4) is 23.3 Å². The van der Waals surface area contributed by atoms with Crippen molar-refractivity contribution in [2.45, 2.75) is 51.4 Å². The number of methoxy groups -OCH3 is 3. The molecule has 1 saturated heterocycles. The van der Waals surface area contributed by atoms with Gasteiger partial charge in [0.15, 0.2) is 11.5 Å². The molecule has 0 N–H and O–H groups in total. The number of fused-ring (bicyclic) bond motifs is 2. The van der Waals surface area contributed by atoms with E-state index >= 15 is 0 Å². The van der Waals surface area contributed by atoms with Gasteiger partial charge in [0.2, 0.25) is 0 Å². The number of carbonyl (C=O) groups is 2. The first-order chi connectivity index (χ1) is 19.7. The third kappa shape index (κ3) is 6.10. The number of nitriles is 1. The Bertz CT molecular complexity index is 1340. The number of ether oxygens (including phenoxy) is 5. The van der Waals surface area contributed by atoms with E-state index in [0.29, 0.717) is 30.2 Å². The fourth-order valence-electron chi connectivity index (χ4n) is 5.81. The van der Waals surface area contributed by atoms with Gasteiger partial charge in [-0.05, 0) is 38.8 Å². The summed E-state index contributed by atoms with van der Waals surface area (Å²) in [7, 11) is 4.71. The molecule has 10 heteroatoms. The van der Waals surface area contributed by atoms with Crippen LogP contribution in [0.1, 0.15) is 42.1 Å². The number of nitrogens with zero attached hydrogens (tertiary/aromatic N) is 3. The molecule has 0 radical (unpaired) electrons. The Hall–Kier alpha value is -4.23. The molecule has 1 amide bonds. The fourth-order valence-corrected chi connectivity index (χ4v) is 5.81. The van der Waals surface area contributed by atoms with Gasteiger partial charge < -0.3 is 28.6 Å². The predicted molar refractivity (Wildman–Crippen MR) is 152 cm³/mol. The summed E-state index contributed by atoms with van der Waals surface area (Å²) < 4.78 is 28.7. The Labute approximate surface area is 241 Å². The van der Waals surface area contributed by atoms with Gasteiger partial charge in [0, 0.05) is 35.4 Å². The normalized spacial score (nSPS) is 20.1. The van der Waals surface area contributed by atoms with Crippen LogP contribution in [0.3, 0.4) is 0 Å². The molecule has 41 heavy (non-hydrogen) atoms. The van der Waals surface area contributed by atoms with Crippen molar-refractivity contribution >= 4 is 18.1 Å². The predicted octanol–water partition coefficient (Wildman–Crippen LogP) is 4.30. The van der Waals surface area contributed by atoms with Crippen molar-refractivity contribution in [2.75, 3.05) is 41.0 Å². The maximum absolute atomic E-state index is 12.9. The van der Waals surface area contributed by atoms with Crippen molar-refractivity contribution in [2.24, 2.45) is 0 Å². The molecule has 0 unspecified atom stereocenters. The van der Waals surface area contributed by atoms with Crippen LogP contribution >= 0.6 is 0 Å².